The number of aromatic nitrogens is 1. The van der Waals surface area contributed by atoms with Crippen LogP contribution in [0.5, 0.6) is 0 Å². The number of rotatable bonds is 6. The van der Waals surface area contributed by atoms with Crippen molar-refractivity contribution >= 4 is 17.7 Å². The molecule has 4 rings (SSSR count). The fourth-order valence-electron chi connectivity index (χ4n) is 2.86. The van der Waals surface area contributed by atoms with Gasteiger partial charge in [0.2, 0.25) is 0 Å². The van der Waals surface area contributed by atoms with Crippen molar-refractivity contribution in [1.29, 1.82) is 0 Å². The van der Waals surface area contributed by atoms with Gasteiger partial charge in [-0.15, -0.1) is 0 Å². The third-order valence-corrected chi connectivity index (χ3v) is 5.45. The van der Waals surface area contributed by atoms with Gasteiger partial charge in [0.05, 0.1) is 12.0 Å². The van der Waals surface area contributed by atoms with E-state index in [4.69, 9.17) is 4.42 Å². The molecule has 0 saturated carbocycles. The van der Waals surface area contributed by atoms with Crippen LogP contribution in [0.15, 0.2) is 104 Å². The van der Waals surface area contributed by atoms with Crippen LogP contribution in [-0.2, 0) is 6.54 Å². The minimum Gasteiger partial charge on any atom is -0.463 e. The zero-order valence-electron chi connectivity index (χ0n) is 15.4. The van der Waals surface area contributed by atoms with Crippen molar-refractivity contribution in [2.45, 2.75) is 16.3 Å². The molecule has 2 aromatic heterocycles. The summed E-state index contributed by atoms with van der Waals surface area (Å²) in [6, 6.07) is 24.6. The second kappa shape index (κ2) is 8.67. The van der Waals surface area contributed by atoms with Gasteiger partial charge in [-0.3, -0.25) is 9.59 Å². The van der Waals surface area contributed by atoms with Crippen molar-refractivity contribution in [3.63, 3.8) is 0 Å². The number of H-pyrrole nitrogens is 1. The SMILES string of the molecule is O=C(NCc1ccccc1Sc1ccccc1)c1ccc(-c2ccco2)[nH]c1=O. The lowest BCUT2D eigenvalue weighted by Gasteiger charge is -2.10. The maximum atomic E-state index is 12.5. The van der Waals surface area contributed by atoms with Crippen LogP contribution in [-0.4, -0.2) is 10.9 Å². The number of nitrogens with one attached hydrogen (secondary N) is 2. The van der Waals surface area contributed by atoms with Crippen LogP contribution >= 0.6 is 11.8 Å². The van der Waals surface area contributed by atoms with Crippen LogP contribution < -0.4 is 10.9 Å². The Labute approximate surface area is 171 Å². The lowest BCUT2D eigenvalue weighted by Crippen LogP contribution is -2.29. The van der Waals surface area contributed by atoms with Gasteiger partial charge in [0.15, 0.2) is 0 Å². The molecule has 0 fully saturated rings. The highest BCUT2D eigenvalue weighted by Crippen LogP contribution is 2.30. The second-order valence-corrected chi connectivity index (χ2v) is 7.41. The van der Waals surface area contributed by atoms with Gasteiger partial charge in [-0.2, -0.15) is 0 Å². The predicted octanol–water partition coefficient (Wildman–Crippen LogP) is 4.72. The summed E-state index contributed by atoms with van der Waals surface area (Å²) in [4.78, 5) is 29.7. The van der Waals surface area contributed by atoms with Crippen molar-refractivity contribution in [3.05, 3.63) is 107 Å². The van der Waals surface area contributed by atoms with Crippen molar-refractivity contribution in [1.82, 2.24) is 10.3 Å². The van der Waals surface area contributed by atoms with E-state index in [1.165, 1.54) is 12.3 Å². The third-order valence-electron chi connectivity index (χ3n) is 4.32. The highest BCUT2D eigenvalue weighted by molar-refractivity contribution is 7.99. The summed E-state index contributed by atoms with van der Waals surface area (Å²) in [5.41, 5.74) is 1.12. The number of furan rings is 1. The highest BCUT2D eigenvalue weighted by atomic mass is 32.2. The summed E-state index contributed by atoms with van der Waals surface area (Å²) in [7, 11) is 0. The molecule has 0 saturated heterocycles. The maximum Gasteiger partial charge on any atom is 0.261 e. The Hall–Kier alpha value is -3.51. The highest BCUT2D eigenvalue weighted by Gasteiger charge is 2.13. The lowest BCUT2D eigenvalue weighted by molar-refractivity contribution is 0.0949. The van der Waals surface area contributed by atoms with Crippen LogP contribution in [0.2, 0.25) is 0 Å². The summed E-state index contributed by atoms with van der Waals surface area (Å²) in [6.07, 6.45) is 1.53. The number of carbonyl (C=O) groups is 1. The van der Waals surface area contributed by atoms with E-state index >= 15 is 0 Å². The number of benzene rings is 2. The molecule has 144 valence electrons. The molecule has 6 heteroatoms. The fourth-order valence-corrected chi connectivity index (χ4v) is 3.83. The van der Waals surface area contributed by atoms with E-state index in [0.29, 0.717) is 18.0 Å². The first-order chi connectivity index (χ1) is 14.2. The summed E-state index contributed by atoms with van der Waals surface area (Å²) in [5.74, 6) is 0.123. The Kier molecular flexibility index (Phi) is 5.63. The molecule has 0 spiro atoms. The first-order valence-electron chi connectivity index (χ1n) is 9.07. The van der Waals surface area contributed by atoms with Crippen molar-refractivity contribution in [2.75, 3.05) is 0 Å². The number of aromatic amines is 1. The van der Waals surface area contributed by atoms with E-state index in [1.54, 1.807) is 30.0 Å². The molecule has 2 heterocycles. The standard InChI is InChI=1S/C23H18N2O3S/c26-22(18-12-13-19(25-23(18)27)20-10-6-14-28-20)24-15-16-7-4-5-11-21(16)29-17-8-2-1-3-9-17/h1-14H,15H2,(H,24,26)(H,25,27). The lowest BCUT2D eigenvalue weighted by atomic mass is 10.2. The van der Waals surface area contributed by atoms with Crippen LogP contribution in [0.1, 0.15) is 15.9 Å². The van der Waals surface area contributed by atoms with Crippen LogP contribution in [0.3, 0.4) is 0 Å². The Bertz CT molecular complexity index is 1170. The molecule has 0 atom stereocenters. The number of hydrogen-bond acceptors (Lipinski definition) is 4. The molecule has 0 aliphatic rings. The number of pyridine rings is 1. The molecular formula is C23H18N2O3S. The summed E-state index contributed by atoms with van der Waals surface area (Å²) in [5, 5.41) is 2.84. The zero-order valence-corrected chi connectivity index (χ0v) is 16.2. The van der Waals surface area contributed by atoms with Crippen LogP contribution in [0, 0.1) is 0 Å². The van der Waals surface area contributed by atoms with Gasteiger partial charge in [-0.1, -0.05) is 48.2 Å². The van der Waals surface area contributed by atoms with Crippen LogP contribution in [0.25, 0.3) is 11.5 Å². The van der Waals surface area contributed by atoms with E-state index < -0.39 is 11.5 Å². The smallest absolute Gasteiger partial charge is 0.261 e. The topological polar surface area (TPSA) is 75.1 Å². The Morgan fingerprint density at radius 3 is 2.48 bits per heavy atom. The minimum absolute atomic E-state index is 0.0634. The van der Waals surface area contributed by atoms with E-state index in [9.17, 15) is 9.59 Å². The molecular weight excluding hydrogens is 384 g/mol. The Balaban J connectivity index is 1.47. The van der Waals surface area contributed by atoms with Gasteiger partial charge in [0, 0.05) is 16.3 Å². The molecule has 1 amide bonds. The van der Waals surface area contributed by atoms with Gasteiger partial charge in [0.1, 0.15) is 11.3 Å². The van der Waals surface area contributed by atoms with E-state index in [1.807, 2.05) is 54.6 Å². The summed E-state index contributed by atoms with van der Waals surface area (Å²) < 4.78 is 5.27. The molecule has 29 heavy (non-hydrogen) atoms. The van der Waals surface area contributed by atoms with Crippen molar-refractivity contribution in [2.24, 2.45) is 0 Å². The van der Waals surface area contributed by atoms with Crippen molar-refractivity contribution in [3.8, 4) is 11.5 Å². The van der Waals surface area contributed by atoms with Gasteiger partial charge in [0.25, 0.3) is 11.5 Å². The quantitative estimate of drug-likeness (QED) is 0.490. The first-order valence-corrected chi connectivity index (χ1v) is 9.88. The maximum absolute atomic E-state index is 12.5. The van der Waals surface area contributed by atoms with E-state index in [0.717, 1.165) is 15.4 Å². The average Bonchev–Trinajstić information content (AvgIpc) is 3.28. The molecule has 0 bridgehead atoms. The van der Waals surface area contributed by atoms with Crippen LogP contribution in [0.4, 0.5) is 0 Å². The van der Waals surface area contributed by atoms with E-state index in [2.05, 4.69) is 10.3 Å². The molecule has 4 aromatic rings. The molecule has 5 nitrogen and oxygen atoms in total. The monoisotopic (exact) mass is 402 g/mol. The molecule has 0 aliphatic heterocycles. The summed E-state index contributed by atoms with van der Waals surface area (Å²) >= 11 is 1.64. The van der Waals surface area contributed by atoms with Gasteiger partial charge < -0.3 is 14.7 Å². The normalized spacial score (nSPS) is 10.6. The predicted molar refractivity (Wildman–Crippen MR) is 113 cm³/mol. The fraction of sp³-hybridized carbons (Fsp3) is 0.0435. The second-order valence-electron chi connectivity index (χ2n) is 6.30. The summed E-state index contributed by atoms with van der Waals surface area (Å²) in [6.45, 7) is 0.328. The number of hydrogen-bond donors (Lipinski definition) is 2. The number of carbonyl (C=O) groups excluding carboxylic acids is 1. The molecule has 0 unspecified atom stereocenters. The molecule has 0 radical (unpaired) electrons. The largest absolute Gasteiger partial charge is 0.463 e. The molecule has 2 N–H and O–H groups in total. The van der Waals surface area contributed by atoms with Gasteiger partial charge in [-0.05, 0) is 48.0 Å². The zero-order chi connectivity index (χ0) is 20.1. The van der Waals surface area contributed by atoms with Gasteiger partial charge >= 0.3 is 0 Å². The Morgan fingerprint density at radius 1 is 0.931 bits per heavy atom. The first kappa shape index (κ1) is 18.8. The molecule has 0 aliphatic carbocycles. The third kappa shape index (κ3) is 4.50. The minimum atomic E-state index is -0.455. The Morgan fingerprint density at radius 2 is 1.72 bits per heavy atom. The average molecular weight is 402 g/mol. The van der Waals surface area contributed by atoms with Crippen molar-refractivity contribution < 1.29 is 9.21 Å². The number of amides is 1. The molecule has 2 aromatic carbocycles. The van der Waals surface area contributed by atoms with Gasteiger partial charge in [-0.25, -0.2) is 0 Å². The van der Waals surface area contributed by atoms with E-state index in [-0.39, 0.29) is 5.56 Å².